The van der Waals surface area contributed by atoms with E-state index in [-0.39, 0.29) is 0 Å². The summed E-state index contributed by atoms with van der Waals surface area (Å²) in [7, 11) is 0. The van der Waals surface area contributed by atoms with Gasteiger partial charge in [-0.15, -0.1) is 0 Å². The van der Waals surface area contributed by atoms with Gasteiger partial charge in [0.25, 0.3) is 0 Å². The second-order valence-electron chi connectivity index (χ2n) is 4.82. The topological polar surface area (TPSA) is 29.3 Å². The van der Waals surface area contributed by atoms with Crippen LogP contribution in [0.1, 0.15) is 11.1 Å². The molecule has 2 rings (SSSR count). The first-order valence-electron chi connectivity index (χ1n) is 7.06. The van der Waals surface area contributed by atoms with Crippen molar-refractivity contribution < 1.29 is 0 Å². The van der Waals surface area contributed by atoms with E-state index in [4.69, 9.17) is 5.73 Å². The molecule has 20 heavy (non-hydrogen) atoms. The first-order valence-corrected chi connectivity index (χ1v) is 7.06. The first kappa shape index (κ1) is 14.5. The smallest absolute Gasteiger partial charge is 0.0237 e. The largest absolute Gasteiger partial charge is 0.329 e. The summed E-state index contributed by atoms with van der Waals surface area (Å²) < 4.78 is 0. The van der Waals surface area contributed by atoms with Gasteiger partial charge in [-0.25, -0.2) is 0 Å². The van der Waals surface area contributed by atoms with Crippen molar-refractivity contribution >= 4 is 6.08 Å². The summed E-state index contributed by atoms with van der Waals surface area (Å²) in [4.78, 5) is 2.36. The fourth-order valence-electron chi connectivity index (χ4n) is 2.16. The molecule has 0 radical (unpaired) electrons. The van der Waals surface area contributed by atoms with E-state index in [1.807, 2.05) is 12.1 Å². The Morgan fingerprint density at radius 3 is 2.20 bits per heavy atom. The van der Waals surface area contributed by atoms with Crippen molar-refractivity contribution in [2.75, 3.05) is 19.6 Å². The van der Waals surface area contributed by atoms with Crippen LogP contribution in [-0.4, -0.2) is 24.5 Å². The molecule has 104 valence electrons. The van der Waals surface area contributed by atoms with E-state index in [2.05, 4.69) is 65.6 Å². The number of benzene rings is 2. The van der Waals surface area contributed by atoms with Crippen LogP contribution in [0.2, 0.25) is 0 Å². The first-order chi connectivity index (χ1) is 9.88. The molecule has 0 aliphatic heterocycles. The highest BCUT2D eigenvalue weighted by Gasteiger charge is 2.02. The Morgan fingerprint density at radius 2 is 1.55 bits per heavy atom. The van der Waals surface area contributed by atoms with Crippen LogP contribution >= 0.6 is 0 Å². The van der Waals surface area contributed by atoms with E-state index in [0.717, 1.165) is 19.6 Å². The fraction of sp³-hybridized carbons (Fsp3) is 0.222. The zero-order valence-corrected chi connectivity index (χ0v) is 11.8. The van der Waals surface area contributed by atoms with Gasteiger partial charge in [-0.3, -0.25) is 4.90 Å². The maximum absolute atomic E-state index is 5.70. The normalized spacial score (nSPS) is 11.3. The van der Waals surface area contributed by atoms with Crippen LogP contribution in [0.4, 0.5) is 0 Å². The molecule has 0 atom stereocenters. The summed E-state index contributed by atoms with van der Waals surface area (Å²) in [5.74, 6) is 0. The summed E-state index contributed by atoms with van der Waals surface area (Å²) >= 11 is 0. The molecule has 0 fully saturated rings. The molecular formula is C18H22N2. The molecule has 2 aromatic rings. The van der Waals surface area contributed by atoms with E-state index in [0.29, 0.717) is 6.54 Å². The van der Waals surface area contributed by atoms with Gasteiger partial charge in [-0.1, -0.05) is 72.8 Å². The van der Waals surface area contributed by atoms with Crippen LogP contribution in [0, 0.1) is 0 Å². The van der Waals surface area contributed by atoms with Crippen molar-refractivity contribution in [1.82, 2.24) is 4.90 Å². The number of hydrogen-bond donors (Lipinski definition) is 1. The molecule has 0 amide bonds. The second kappa shape index (κ2) is 8.31. The standard InChI is InChI=1S/C18H22N2/c19-13-15-20(16-18-10-5-2-6-11-18)14-7-12-17-8-3-1-4-9-17/h1-12H,13-16,19H2/b12-7+. The Kier molecular flexibility index (Phi) is 6.03. The van der Waals surface area contributed by atoms with Crippen LogP contribution in [0.25, 0.3) is 6.08 Å². The van der Waals surface area contributed by atoms with Gasteiger partial charge in [-0.05, 0) is 11.1 Å². The van der Waals surface area contributed by atoms with E-state index in [1.165, 1.54) is 11.1 Å². The monoisotopic (exact) mass is 266 g/mol. The van der Waals surface area contributed by atoms with Crippen molar-refractivity contribution in [3.63, 3.8) is 0 Å². The van der Waals surface area contributed by atoms with Crippen molar-refractivity contribution in [2.24, 2.45) is 5.73 Å². The number of nitrogens with zero attached hydrogens (tertiary/aromatic N) is 1. The number of hydrogen-bond acceptors (Lipinski definition) is 2. The maximum atomic E-state index is 5.70. The zero-order chi connectivity index (χ0) is 14.0. The van der Waals surface area contributed by atoms with Crippen LogP contribution in [0.3, 0.4) is 0 Å². The average molecular weight is 266 g/mol. The Bertz CT molecular complexity index is 505. The fourth-order valence-corrected chi connectivity index (χ4v) is 2.16. The Balaban J connectivity index is 1.91. The van der Waals surface area contributed by atoms with E-state index < -0.39 is 0 Å². The maximum Gasteiger partial charge on any atom is 0.0237 e. The van der Waals surface area contributed by atoms with E-state index in [1.54, 1.807) is 0 Å². The Morgan fingerprint density at radius 1 is 0.900 bits per heavy atom. The van der Waals surface area contributed by atoms with Gasteiger partial charge in [0.2, 0.25) is 0 Å². The lowest BCUT2D eigenvalue weighted by Gasteiger charge is -2.19. The number of rotatable bonds is 7. The van der Waals surface area contributed by atoms with E-state index in [9.17, 15) is 0 Å². The molecule has 0 unspecified atom stereocenters. The molecular weight excluding hydrogens is 244 g/mol. The molecule has 0 aromatic heterocycles. The molecule has 2 nitrogen and oxygen atoms in total. The van der Waals surface area contributed by atoms with Gasteiger partial charge in [-0.2, -0.15) is 0 Å². The molecule has 2 heteroatoms. The van der Waals surface area contributed by atoms with Gasteiger partial charge in [0.05, 0.1) is 0 Å². The van der Waals surface area contributed by atoms with Crippen molar-refractivity contribution in [1.29, 1.82) is 0 Å². The predicted molar refractivity (Wildman–Crippen MR) is 86.2 cm³/mol. The molecule has 0 saturated carbocycles. The van der Waals surface area contributed by atoms with Gasteiger partial charge >= 0.3 is 0 Å². The summed E-state index contributed by atoms with van der Waals surface area (Å²) in [6, 6.07) is 20.9. The van der Waals surface area contributed by atoms with Crippen LogP contribution < -0.4 is 5.73 Å². The third-order valence-electron chi connectivity index (χ3n) is 3.17. The summed E-state index contributed by atoms with van der Waals surface area (Å²) in [6.07, 6.45) is 4.36. The highest BCUT2D eigenvalue weighted by atomic mass is 15.1. The third-order valence-corrected chi connectivity index (χ3v) is 3.17. The van der Waals surface area contributed by atoms with E-state index >= 15 is 0 Å². The SMILES string of the molecule is NCCN(C/C=C/c1ccccc1)Cc1ccccc1. The van der Waals surface area contributed by atoms with Gasteiger partial charge < -0.3 is 5.73 Å². The lowest BCUT2D eigenvalue weighted by atomic mass is 10.2. The second-order valence-corrected chi connectivity index (χ2v) is 4.82. The summed E-state index contributed by atoms with van der Waals surface area (Å²) in [5.41, 5.74) is 8.26. The molecule has 2 N–H and O–H groups in total. The van der Waals surface area contributed by atoms with Crippen molar-refractivity contribution in [2.45, 2.75) is 6.54 Å². The average Bonchev–Trinajstić information content (AvgIpc) is 2.49. The van der Waals surface area contributed by atoms with Crippen LogP contribution in [0.15, 0.2) is 66.7 Å². The summed E-state index contributed by atoms with van der Waals surface area (Å²) in [5, 5.41) is 0. The molecule has 0 aliphatic rings. The molecule has 0 aliphatic carbocycles. The highest BCUT2D eigenvalue weighted by molar-refractivity contribution is 5.48. The Hall–Kier alpha value is -1.90. The molecule has 0 bridgehead atoms. The van der Waals surface area contributed by atoms with Crippen LogP contribution in [0.5, 0.6) is 0 Å². The minimum absolute atomic E-state index is 0.687. The zero-order valence-electron chi connectivity index (χ0n) is 11.8. The van der Waals surface area contributed by atoms with Crippen molar-refractivity contribution in [3.05, 3.63) is 77.9 Å². The lowest BCUT2D eigenvalue weighted by Crippen LogP contribution is -2.29. The van der Waals surface area contributed by atoms with Crippen molar-refractivity contribution in [3.8, 4) is 0 Å². The molecule has 0 spiro atoms. The Labute approximate surface area is 121 Å². The van der Waals surface area contributed by atoms with Gasteiger partial charge in [0, 0.05) is 26.2 Å². The predicted octanol–water partition coefficient (Wildman–Crippen LogP) is 3.16. The molecule has 0 saturated heterocycles. The highest BCUT2D eigenvalue weighted by Crippen LogP contribution is 2.05. The van der Waals surface area contributed by atoms with Gasteiger partial charge in [0.1, 0.15) is 0 Å². The molecule has 0 heterocycles. The minimum Gasteiger partial charge on any atom is -0.329 e. The molecule has 2 aromatic carbocycles. The van der Waals surface area contributed by atoms with Gasteiger partial charge in [0.15, 0.2) is 0 Å². The summed E-state index contributed by atoms with van der Waals surface area (Å²) in [6.45, 7) is 3.46. The number of nitrogens with two attached hydrogens (primary N) is 1. The van der Waals surface area contributed by atoms with Crippen LogP contribution in [-0.2, 0) is 6.54 Å². The third kappa shape index (κ3) is 5.00. The lowest BCUT2D eigenvalue weighted by molar-refractivity contribution is 0.303. The quantitative estimate of drug-likeness (QED) is 0.834. The minimum atomic E-state index is 0.687.